The van der Waals surface area contributed by atoms with Crippen molar-refractivity contribution in [2.75, 3.05) is 38.9 Å². The van der Waals surface area contributed by atoms with E-state index in [-0.39, 0.29) is 121 Å². The first-order valence-corrected chi connectivity index (χ1v) is 47.0. The van der Waals surface area contributed by atoms with Gasteiger partial charge >= 0.3 is 42.6 Å². The molecule has 19 aromatic rings. The van der Waals surface area contributed by atoms with Crippen molar-refractivity contribution in [3.8, 4) is 45.0 Å². The van der Waals surface area contributed by atoms with Crippen molar-refractivity contribution in [2.45, 2.75) is 93.4 Å². The van der Waals surface area contributed by atoms with E-state index in [2.05, 4.69) is 70.8 Å². The summed E-state index contributed by atoms with van der Waals surface area (Å²) in [6.07, 6.45) is 10.3. The van der Waals surface area contributed by atoms with Crippen molar-refractivity contribution in [2.24, 2.45) is 5.73 Å². The summed E-state index contributed by atoms with van der Waals surface area (Å²) in [7, 11) is -1.39. The molecule has 4 atom stereocenters. The van der Waals surface area contributed by atoms with Crippen LogP contribution in [0.3, 0.4) is 0 Å². The number of para-hydroxylation sites is 4. The average molecular weight is 2060 g/mol. The number of fused-ring (bicyclic) bond motifs is 4. The zero-order chi connectivity index (χ0) is 105. The number of halogens is 3. The number of ketones is 3. The molecule has 0 aliphatic heterocycles. The number of carboxylic acids is 1. The first kappa shape index (κ1) is 111. The largest absolute Gasteiger partial charge is 1.00 e. The third-order valence-corrected chi connectivity index (χ3v) is 24.2. The van der Waals surface area contributed by atoms with E-state index in [9.17, 15) is 43.5 Å². The molecule has 0 aliphatic rings. The molecule has 0 saturated heterocycles. The summed E-state index contributed by atoms with van der Waals surface area (Å²) in [6.45, 7) is 17.4. The maximum atomic E-state index is 14.2. The van der Waals surface area contributed by atoms with Gasteiger partial charge in [0.2, 0.25) is 23.8 Å². The van der Waals surface area contributed by atoms with Gasteiger partial charge in [0.05, 0.1) is 66.4 Å². The topological polar surface area (TPSA) is 555 Å². The van der Waals surface area contributed by atoms with E-state index in [1.165, 1.54) is 39.4 Å². The number of nitrogen functional groups attached to an aromatic ring is 4. The van der Waals surface area contributed by atoms with Crippen molar-refractivity contribution in [3.05, 3.63) is 417 Å². The number of Topliss-reactive ketones (excluding diaryl/α,β-unsaturated/α-hetero) is 3. The summed E-state index contributed by atoms with van der Waals surface area (Å²) in [5, 5.41) is 42.8. The van der Waals surface area contributed by atoms with Crippen LogP contribution in [0.25, 0.3) is 88.1 Å². The third-order valence-electron chi connectivity index (χ3n) is 23.3. The van der Waals surface area contributed by atoms with Crippen molar-refractivity contribution >= 4 is 155 Å². The number of nitrogens with two attached hydrogens (primary N) is 5. The molecule has 748 valence electrons. The molecule has 11 heterocycles. The van der Waals surface area contributed by atoms with Crippen LogP contribution in [0.1, 0.15) is 154 Å². The minimum Gasteiger partial charge on any atom is -0.870 e. The number of nitrogens with one attached hydrogen (secondary N) is 3. The molecule has 0 saturated carbocycles. The Morgan fingerprint density at radius 1 is 0.356 bits per heavy atom. The number of pyridine rings is 7. The van der Waals surface area contributed by atoms with Crippen LogP contribution in [-0.2, 0) is 0 Å². The number of hydrogen-bond acceptors (Lipinski definition) is 30. The molecule has 11 aromatic heterocycles. The molecule has 19 rings (SSSR count). The Kier molecular flexibility index (Phi) is 37.2. The van der Waals surface area contributed by atoms with Gasteiger partial charge < -0.3 is 65.2 Å². The van der Waals surface area contributed by atoms with Crippen LogP contribution in [0.2, 0.25) is 15.2 Å². The van der Waals surface area contributed by atoms with Gasteiger partial charge in [0.15, 0.2) is 17.3 Å². The maximum absolute atomic E-state index is 14.2. The van der Waals surface area contributed by atoms with Crippen LogP contribution >= 0.6 is 34.8 Å². The van der Waals surface area contributed by atoms with Gasteiger partial charge in [-0.3, -0.25) is 66.8 Å². The molecule has 0 aliphatic carbocycles. The van der Waals surface area contributed by atoms with E-state index >= 15 is 0 Å². The van der Waals surface area contributed by atoms with E-state index in [0.29, 0.717) is 93.8 Å². The predicted octanol–water partition coefficient (Wildman–Crippen LogP) is 14.6. The molecule has 35 nitrogen and oxygen atoms in total. The fourth-order valence-electron chi connectivity index (χ4n) is 16.4. The maximum Gasteiger partial charge on any atom is 1.00 e. The van der Waals surface area contributed by atoms with Crippen LogP contribution in [0.4, 0.5) is 41.2 Å². The molecule has 0 spiro atoms. The number of carbonyl (C=O) groups excluding carboxylic acids is 3. The molecule has 0 fully saturated rings. The number of aromatic carboxylic acids is 1. The van der Waals surface area contributed by atoms with E-state index in [1.54, 1.807) is 74.1 Å². The van der Waals surface area contributed by atoms with Crippen molar-refractivity contribution in [3.63, 3.8) is 0 Å². The van der Waals surface area contributed by atoms with E-state index in [0.717, 1.165) is 84.1 Å². The molecule has 0 radical (unpaired) electrons. The third kappa shape index (κ3) is 26.2. The molecule has 149 heavy (non-hydrogen) atoms. The molecule has 0 unspecified atom stereocenters. The van der Waals surface area contributed by atoms with Gasteiger partial charge in [0, 0.05) is 112 Å². The summed E-state index contributed by atoms with van der Waals surface area (Å²) in [5.41, 5.74) is 40.8. The number of hydrogen-bond donors (Lipinski definition) is 11. The number of anilines is 7. The Morgan fingerprint density at radius 2 is 0.644 bits per heavy atom. The van der Waals surface area contributed by atoms with Gasteiger partial charge in [-0.05, 0) is 240 Å². The van der Waals surface area contributed by atoms with Crippen LogP contribution < -0.4 is 102 Å². The number of carbonyl (C=O) groups is 4. The molecular weight excluding hydrogens is 1960 g/mol. The minimum absolute atomic E-state index is 0. The quantitative estimate of drug-likeness (QED) is 0.0181. The van der Waals surface area contributed by atoms with Gasteiger partial charge in [-0.15, -0.1) is 0 Å². The predicted molar refractivity (Wildman–Crippen MR) is 581 cm³/mol. The average Bonchev–Trinajstić information content (AvgIpc) is 0.791. The van der Waals surface area contributed by atoms with Crippen LogP contribution in [0.5, 0.6) is 0 Å². The summed E-state index contributed by atoms with van der Waals surface area (Å²) < 4.78 is 6.60. The summed E-state index contributed by atoms with van der Waals surface area (Å²) in [4.78, 5) is 145. The second-order valence-electron chi connectivity index (χ2n) is 33.9. The Morgan fingerprint density at radius 3 is 0.953 bits per heavy atom. The summed E-state index contributed by atoms with van der Waals surface area (Å²) in [5.74, 6) is -0.934. The smallest absolute Gasteiger partial charge is 0.870 e. The number of aryl methyl sites for hydroxylation is 3. The zero-order valence-corrected chi connectivity index (χ0v) is 86.7. The zero-order valence-electron chi connectivity index (χ0n) is 82.5. The van der Waals surface area contributed by atoms with E-state index in [1.807, 2.05) is 266 Å². The number of aromatic nitrogens is 15. The fourth-order valence-corrected chi connectivity index (χ4v) is 17.2. The van der Waals surface area contributed by atoms with Crippen LogP contribution in [0, 0.1) is 20.8 Å². The summed E-state index contributed by atoms with van der Waals surface area (Å²) >= 11 is 18.1. The van der Waals surface area contributed by atoms with Gasteiger partial charge in [0.1, 0.15) is 28.2 Å². The second-order valence-corrected chi connectivity index (χ2v) is 35.0. The number of carboxylic acid groups (broad SMARTS) is 1. The monoisotopic (exact) mass is 2060 g/mol. The molecule has 0 bridgehead atoms. The van der Waals surface area contributed by atoms with E-state index in [4.69, 9.17) is 73.5 Å². The molecule has 8 aromatic carbocycles. The Labute approximate surface area is 890 Å². The SMILES string of the molecule is CC(=O)c1cnc(N)nc1Cl.CC(=O)c1cnc(N)nc1N[C@@H](C)c1cc2cccc(-c3ccnc(C)c3)c2c(=O)n1-c1ccccc1.CC(=O)c1cnc(N)nc1N[C@@H](C)c1cc2cccc(Cl)c2c(=O)n1-c1ccccc1.C[C@H](N)c1cc2cccc(Cl)c2c(=O)n1-c1ccccc1.Cc1cc(-c2cccc3cc([C@H](C)Nc4nc(N)ncc4C(=O)O)n(-c4ccccc4)c(=O)c23)ccn1.Cc1cc(B(O)O)ccn1.[Na+].[OH-]. The van der Waals surface area contributed by atoms with Crippen molar-refractivity contribution in [1.82, 2.24) is 73.1 Å². The molecule has 0 amide bonds. The minimum atomic E-state index is -1.39. The van der Waals surface area contributed by atoms with E-state index < -0.39 is 31.2 Å². The van der Waals surface area contributed by atoms with Crippen LogP contribution in [-0.4, -0.2) is 124 Å². The van der Waals surface area contributed by atoms with Crippen molar-refractivity contribution < 1.29 is 69.4 Å². The Bertz CT molecular complexity index is 8210. The van der Waals surface area contributed by atoms with Gasteiger partial charge in [-0.1, -0.05) is 168 Å². The number of nitrogens with zero attached hydrogens (tertiary/aromatic N) is 15. The second kappa shape index (κ2) is 49.9. The Balaban J connectivity index is 0.000000166. The fraction of sp³-hybridized carbons (Fsp3) is 0.128. The number of rotatable bonds is 21. The van der Waals surface area contributed by atoms with Gasteiger partial charge in [-0.25, -0.2) is 29.7 Å². The first-order chi connectivity index (χ1) is 70.4. The van der Waals surface area contributed by atoms with Crippen LogP contribution in [0.15, 0.2) is 317 Å². The van der Waals surface area contributed by atoms with Gasteiger partial charge in [-0.2, -0.15) is 15.0 Å². The first-order valence-electron chi connectivity index (χ1n) is 45.8. The van der Waals surface area contributed by atoms with Gasteiger partial charge in [0.25, 0.3) is 22.2 Å². The Hall–Kier alpha value is -16.8. The van der Waals surface area contributed by atoms with Crippen molar-refractivity contribution in [1.29, 1.82) is 0 Å². The summed E-state index contributed by atoms with van der Waals surface area (Å²) in [6, 6.07) is 77.0. The number of benzene rings is 8. The molecular formula is C109H100BCl3N23NaO12. The standard InChI is InChI=1S/C29H26N6O2.C28H24N6O3.C23H20ClN5O2.C17H15ClN2O.C6H8BNO2.C6H6ClN3O.Na.H2O/c1-17-14-20(12-13-31-17)23-11-7-8-21-15-25(35(28(37)26(21)23)22-9-5-4-6-10-22)18(2)33-27-24(19(3)36)16-32-29(30)34-27;1-16-13-18(11-12-30-16)21-10-6-7-19-14-23(34(26(35)24(19)21)20-8-4-3-5-9-20)17(2)32-25-22(27(36)37)15-31-28(29)33-25;1-13(27-21-17(14(2)30)12-26-23(25)28-21)19-11-15-7-6-10-18(24)20(15)22(31)29(19)16-8-4-3-5-9-16;1-11(19)15-10-12-6-5-9-14(18)16(12)17(21)20(15)13-7-3-2-4-8-13;1-5-4-6(7(9)10)2-3-8-5;1-3(11)4-2-9-6(8)10-5(4)7;;/h4-16,18H,1-3H3,(H3,30,32,33,34);3-15,17H,1-2H3,(H,36,37)(H3,29,31,32,33);3-13H,1-2H3,(H3,25,26,27,28);2-11H,19H2,1H3;2-4,9-10H,1H3;2H,1H3,(H2,8,9,10);;1H2/q;;;;;;+1;/p-1/t18-;17-;13-;11-;;;;/m0000..../s1. The normalized spacial score (nSPS) is 11.5. The molecule has 17 N–H and O–H groups in total. The molecule has 40 heteroatoms.